The van der Waals surface area contributed by atoms with Crippen molar-refractivity contribution in [2.75, 3.05) is 19.6 Å². The summed E-state index contributed by atoms with van der Waals surface area (Å²) in [6.45, 7) is 7.37. The Labute approximate surface area is 231 Å². The molecule has 0 bridgehead atoms. The molecule has 0 amide bonds. The SMILES string of the molecule is Cc1cccc(C)c1CC(=O)C[N+]1(Cc2ccccc2)CCCC(C(=O)CC2CCCC2)C1.[Y]. The van der Waals surface area contributed by atoms with Gasteiger partial charge in [0.15, 0.2) is 5.78 Å². The Morgan fingerprint density at radius 1 is 0.882 bits per heavy atom. The number of piperidine rings is 1. The third kappa shape index (κ3) is 7.18. The Morgan fingerprint density at radius 2 is 1.56 bits per heavy atom. The first-order valence-corrected chi connectivity index (χ1v) is 12.9. The summed E-state index contributed by atoms with van der Waals surface area (Å²) >= 11 is 0. The first-order chi connectivity index (χ1) is 15.9. The van der Waals surface area contributed by atoms with Crippen LogP contribution in [-0.2, 0) is 55.3 Å². The number of carbonyl (C=O) groups excluding carboxylic acids is 2. The number of benzene rings is 2. The van der Waals surface area contributed by atoms with E-state index >= 15 is 0 Å². The molecule has 2 atom stereocenters. The van der Waals surface area contributed by atoms with Gasteiger partial charge in [0, 0.05) is 51.1 Å². The third-order valence-electron chi connectivity index (χ3n) is 8.10. The number of ketones is 2. The number of rotatable bonds is 9. The van der Waals surface area contributed by atoms with Gasteiger partial charge >= 0.3 is 0 Å². The van der Waals surface area contributed by atoms with Crippen LogP contribution in [0.1, 0.15) is 67.2 Å². The summed E-state index contributed by atoms with van der Waals surface area (Å²) in [6.07, 6.45) is 8.27. The van der Waals surface area contributed by atoms with Crippen LogP contribution >= 0.6 is 0 Å². The Morgan fingerprint density at radius 3 is 2.24 bits per heavy atom. The largest absolute Gasteiger partial charge is 0.313 e. The van der Waals surface area contributed by atoms with Gasteiger partial charge < -0.3 is 4.48 Å². The third-order valence-corrected chi connectivity index (χ3v) is 8.10. The van der Waals surface area contributed by atoms with Crippen molar-refractivity contribution in [3.8, 4) is 0 Å². The molecule has 1 aliphatic heterocycles. The van der Waals surface area contributed by atoms with Gasteiger partial charge in [-0.1, -0.05) is 74.2 Å². The Kier molecular flexibility index (Phi) is 10.2. The normalized spacial score (nSPS) is 22.8. The van der Waals surface area contributed by atoms with E-state index in [0.717, 1.165) is 43.4 Å². The first kappa shape index (κ1) is 27.4. The molecule has 3 nitrogen and oxygen atoms in total. The monoisotopic (exact) mass is 535 g/mol. The van der Waals surface area contributed by atoms with Crippen molar-refractivity contribution in [1.29, 1.82) is 0 Å². The van der Waals surface area contributed by atoms with E-state index in [9.17, 15) is 9.59 Å². The van der Waals surface area contributed by atoms with Crippen LogP contribution in [0.2, 0.25) is 0 Å². The summed E-state index contributed by atoms with van der Waals surface area (Å²) < 4.78 is 0.731. The van der Waals surface area contributed by atoms with Crippen molar-refractivity contribution >= 4 is 11.6 Å². The molecule has 1 aliphatic carbocycles. The van der Waals surface area contributed by atoms with Crippen LogP contribution in [0.5, 0.6) is 0 Å². The number of aryl methyl sites for hydroxylation is 2. The van der Waals surface area contributed by atoms with E-state index in [-0.39, 0.29) is 38.6 Å². The maximum absolute atomic E-state index is 13.4. The minimum Gasteiger partial charge on any atom is -0.313 e. The molecule has 0 N–H and O–H groups in total. The van der Waals surface area contributed by atoms with Crippen LogP contribution in [0.25, 0.3) is 0 Å². The fourth-order valence-electron chi connectivity index (χ4n) is 6.32. The number of hydrogen-bond donors (Lipinski definition) is 0. The van der Waals surface area contributed by atoms with E-state index in [2.05, 4.69) is 56.3 Å². The summed E-state index contributed by atoms with van der Waals surface area (Å²) in [5.41, 5.74) is 4.83. The first-order valence-electron chi connectivity index (χ1n) is 12.9. The standard InChI is InChI=1S/C30H40NO2.Y/c1-23-10-8-11-24(2)29(23)19-28(32)22-31(20-26-14-4-3-5-15-26)17-9-16-27(21-31)30(33)18-25-12-6-7-13-25;/h3-5,8,10-11,14-15,25,27H,6-7,9,12-13,16-22H2,1-2H3;/q+1;. The van der Waals surface area contributed by atoms with Gasteiger partial charge in [0.25, 0.3) is 0 Å². The van der Waals surface area contributed by atoms with Crippen molar-refractivity contribution in [2.45, 2.75) is 71.8 Å². The van der Waals surface area contributed by atoms with Crippen LogP contribution in [0.3, 0.4) is 0 Å². The van der Waals surface area contributed by atoms with E-state index in [4.69, 9.17) is 0 Å². The molecular weight excluding hydrogens is 495 g/mol. The van der Waals surface area contributed by atoms with Gasteiger partial charge in [-0.25, -0.2) is 0 Å². The molecule has 2 aromatic rings. The molecule has 179 valence electrons. The van der Waals surface area contributed by atoms with E-state index in [1.165, 1.54) is 47.9 Å². The smallest absolute Gasteiger partial charge is 0.191 e. The van der Waals surface area contributed by atoms with Crippen LogP contribution in [0.4, 0.5) is 0 Å². The number of likely N-dealkylation sites (tertiary alicyclic amines) is 1. The van der Waals surface area contributed by atoms with Gasteiger partial charge in [-0.05, 0) is 49.3 Å². The summed E-state index contributed by atoms with van der Waals surface area (Å²) in [4.78, 5) is 26.7. The van der Waals surface area contributed by atoms with Crippen LogP contribution in [-0.4, -0.2) is 35.7 Å². The van der Waals surface area contributed by atoms with Crippen molar-refractivity contribution in [3.63, 3.8) is 0 Å². The fourth-order valence-corrected chi connectivity index (χ4v) is 6.32. The van der Waals surface area contributed by atoms with Gasteiger partial charge in [0.2, 0.25) is 0 Å². The molecule has 4 rings (SSSR count). The zero-order chi connectivity index (χ0) is 23.3. The molecule has 0 spiro atoms. The maximum atomic E-state index is 13.4. The molecule has 1 heterocycles. The fraction of sp³-hybridized carbons (Fsp3) is 0.533. The maximum Gasteiger partial charge on any atom is 0.191 e. The van der Waals surface area contributed by atoms with E-state index in [0.29, 0.717) is 30.4 Å². The predicted octanol–water partition coefficient (Wildman–Crippen LogP) is 5.99. The summed E-state index contributed by atoms with van der Waals surface area (Å²) in [7, 11) is 0. The van der Waals surface area contributed by atoms with Crippen LogP contribution in [0.15, 0.2) is 48.5 Å². The molecule has 2 aromatic carbocycles. The molecule has 34 heavy (non-hydrogen) atoms. The van der Waals surface area contributed by atoms with Gasteiger partial charge in [-0.2, -0.15) is 0 Å². The zero-order valence-electron chi connectivity index (χ0n) is 21.1. The van der Waals surface area contributed by atoms with E-state index in [1.807, 2.05) is 6.07 Å². The molecule has 4 heteroatoms. The van der Waals surface area contributed by atoms with E-state index in [1.54, 1.807) is 0 Å². The second kappa shape index (κ2) is 12.7. The summed E-state index contributed by atoms with van der Waals surface area (Å²) in [5.74, 6) is 1.46. The van der Waals surface area contributed by atoms with Gasteiger partial charge in [-0.3, -0.25) is 9.59 Å². The molecule has 1 radical (unpaired) electrons. The average Bonchev–Trinajstić information content (AvgIpc) is 3.30. The zero-order valence-corrected chi connectivity index (χ0v) is 23.9. The van der Waals surface area contributed by atoms with E-state index < -0.39 is 0 Å². The Bertz CT molecular complexity index is 947. The molecule has 0 aromatic heterocycles. The van der Waals surface area contributed by atoms with Crippen molar-refractivity contribution in [2.24, 2.45) is 11.8 Å². The Balaban J connectivity index is 0.00000324. The molecule has 1 saturated carbocycles. The number of hydrogen-bond acceptors (Lipinski definition) is 2. The molecule has 2 aliphatic rings. The number of quaternary nitrogens is 1. The molecular formula is C30H40NO2Y+. The topological polar surface area (TPSA) is 34.1 Å². The predicted molar refractivity (Wildman–Crippen MR) is 134 cm³/mol. The number of carbonyl (C=O) groups is 2. The molecule has 1 saturated heterocycles. The van der Waals surface area contributed by atoms with Crippen LogP contribution in [0, 0.1) is 25.7 Å². The number of nitrogens with zero attached hydrogens (tertiary/aromatic N) is 1. The van der Waals surface area contributed by atoms with Crippen molar-refractivity contribution in [1.82, 2.24) is 0 Å². The Hall–Kier alpha value is -1.16. The van der Waals surface area contributed by atoms with Crippen LogP contribution < -0.4 is 0 Å². The van der Waals surface area contributed by atoms with Crippen molar-refractivity contribution < 1.29 is 46.8 Å². The average molecular weight is 536 g/mol. The van der Waals surface area contributed by atoms with Gasteiger partial charge in [-0.15, -0.1) is 0 Å². The summed E-state index contributed by atoms with van der Waals surface area (Å²) in [5, 5.41) is 0. The van der Waals surface area contributed by atoms with Gasteiger partial charge in [0.1, 0.15) is 18.9 Å². The summed E-state index contributed by atoms with van der Waals surface area (Å²) in [6, 6.07) is 16.8. The second-order valence-corrected chi connectivity index (χ2v) is 10.8. The minimum absolute atomic E-state index is 0. The van der Waals surface area contributed by atoms with Gasteiger partial charge in [0.05, 0.1) is 19.0 Å². The second-order valence-electron chi connectivity index (χ2n) is 10.8. The minimum atomic E-state index is 0. The molecule has 2 unspecified atom stereocenters. The number of Topliss-reactive ketones (excluding diaryl/α,β-unsaturated/α-hetero) is 2. The molecule has 2 fully saturated rings. The quantitative estimate of drug-likeness (QED) is 0.370. The van der Waals surface area contributed by atoms with Crippen molar-refractivity contribution in [3.05, 3.63) is 70.8 Å².